The Kier molecular flexibility index (Phi) is 5.16. The van der Waals surface area contributed by atoms with Crippen LogP contribution in [0.25, 0.3) is 0 Å². The Morgan fingerprint density at radius 1 is 1.22 bits per heavy atom. The summed E-state index contributed by atoms with van der Waals surface area (Å²) in [6.07, 6.45) is 1.93. The number of benzene rings is 1. The Morgan fingerprint density at radius 3 is 2.39 bits per heavy atom. The lowest BCUT2D eigenvalue weighted by Gasteiger charge is -2.33. The molecule has 8 heteroatoms. The van der Waals surface area contributed by atoms with E-state index in [2.05, 4.69) is 0 Å². The van der Waals surface area contributed by atoms with Gasteiger partial charge in [-0.1, -0.05) is 6.42 Å². The van der Waals surface area contributed by atoms with E-state index in [1.165, 1.54) is 24.6 Å². The van der Waals surface area contributed by atoms with E-state index in [9.17, 15) is 13.2 Å². The molecule has 0 saturated carbocycles. The smallest absolute Gasteiger partial charge is 0.244 e. The highest BCUT2D eigenvalue weighted by Crippen LogP contribution is 2.35. The third-order valence-corrected chi connectivity index (χ3v) is 6.10. The largest absolute Gasteiger partial charge is 0.493 e. The predicted octanol–water partition coefficient (Wildman–Crippen LogP) is 1.04. The van der Waals surface area contributed by atoms with Crippen molar-refractivity contribution in [3.8, 4) is 11.5 Å². The van der Waals surface area contributed by atoms with Crippen LogP contribution in [0.3, 0.4) is 0 Å². The molecule has 0 spiro atoms. The minimum atomic E-state index is -3.85. The summed E-state index contributed by atoms with van der Waals surface area (Å²) in [6.45, 7) is 1.96. The Bertz CT molecular complexity index is 702. The number of hydrogen-bond acceptors (Lipinski definition) is 5. The van der Waals surface area contributed by atoms with E-state index in [0.29, 0.717) is 29.9 Å². The Balaban J connectivity index is 2.52. The minimum absolute atomic E-state index is 0.100. The van der Waals surface area contributed by atoms with Crippen molar-refractivity contribution < 1.29 is 22.7 Å². The number of hydrogen-bond donors (Lipinski definition) is 1. The van der Waals surface area contributed by atoms with E-state index in [1.807, 2.05) is 0 Å². The zero-order valence-electron chi connectivity index (χ0n) is 13.5. The quantitative estimate of drug-likeness (QED) is 0.862. The zero-order valence-corrected chi connectivity index (χ0v) is 14.4. The number of nitrogens with two attached hydrogens (primary N) is 1. The fraction of sp³-hybridized carbons (Fsp3) is 0.533. The SMILES string of the molecule is COc1cc(C)c(S(=O)(=O)N2CCCC[C@@H]2C(N)=O)cc1OC. The first-order chi connectivity index (χ1) is 10.8. The number of rotatable bonds is 5. The van der Waals surface area contributed by atoms with Crippen molar-refractivity contribution in [1.82, 2.24) is 4.31 Å². The second kappa shape index (κ2) is 6.76. The lowest BCUT2D eigenvalue weighted by Crippen LogP contribution is -2.50. The number of methoxy groups -OCH3 is 2. The first kappa shape index (κ1) is 17.6. The average Bonchev–Trinajstić information content (AvgIpc) is 2.54. The molecule has 2 N–H and O–H groups in total. The van der Waals surface area contributed by atoms with Crippen molar-refractivity contribution >= 4 is 15.9 Å². The second-order valence-corrected chi connectivity index (χ2v) is 7.36. The molecular formula is C15H22N2O5S. The second-order valence-electron chi connectivity index (χ2n) is 5.50. The number of amides is 1. The van der Waals surface area contributed by atoms with Crippen molar-refractivity contribution in [3.63, 3.8) is 0 Å². The van der Waals surface area contributed by atoms with Crippen LogP contribution in [0.4, 0.5) is 0 Å². The standard InChI is InChI=1S/C15H22N2O5S/c1-10-8-12(21-2)13(22-3)9-14(10)23(19,20)17-7-5-4-6-11(17)15(16)18/h8-9,11H,4-7H2,1-3H3,(H2,16,18)/t11-/m1/s1. The Hall–Kier alpha value is -1.80. The summed E-state index contributed by atoms with van der Waals surface area (Å²) in [4.78, 5) is 11.7. The first-order valence-electron chi connectivity index (χ1n) is 7.36. The van der Waals surface area contributed by atoms with Gasteiger partial charge in [-0.2, -0.15) is 4.31 Å². The van der Waals surface area contributed by atoms with E-state index in [1.54, 1.807) is 13.0 Å². The number of piperidine rings is 1. The van der Waals surface area contributed by atoms with E-state index in [-0.39, 0.29) is 11.4 Å². The van der Waals surface area contributed by atoms with Crippen LogP contribution >= 0.6 is 0 Å². The van der Waals surface area contributed by atoms with Crippen molar-refractivity contribution in [2.24, 2.45) is 5.73 Å². The maximum absolute atomic E-state index is 13.0. The van der Waals surface area contributed by atoms with Crippen LogP contribution in [0, 0.1) is 6.92 Å². The van der Waals surface area contributed by atoms with Gasteiger partial charge in [0, 0.05) is 12.6 Å². The van der Waals surface area contributed by atoms with E-state index >= 15 is 0 Å². The summed E-state index contributed by atoms with van der Waals surface area (Å²) >= 11 is 0. The molecule has 2 rings (SSSR count). The molecule has 0 aromatic heterocycles. The molecule has 1 atom stereocenters. The van der Waals surface area contributed by atoms with Crippen LogP contribution < -0.4 is 15.2 Å². The Labute approximate surface area is 136 Å². The van der Waals surface area contributed by atoms with Gasteiger partial charge >= 0.3 is 0 Å². The highest BCUT2D eigenvalue weighted by atomic mass is 32.2. The van der Waals surface area contributed by atoms with Crippen LogP contribution in [-0.2, 0) is 14.8 Å². The summed E-state index contributed by atoms with van der Waals surface area (Å²) in [5, 5.41) is 0. The molecule has 7 nitrogen and oxygen atoms in total. The molecule has 128 valence electrons. The molecule has 1 aromatic carbocycles. The average molecular weight is 342 g/mol. The van der Waals surface area contributed by atoms with Crippen molar-refractivity contribution in [2.45, 2.75) is 37.1 Å². The summed E-state index contributed by atoms with van der Waals surface area (Å²) in [6, 6.07) is 2.23. The van der Waals surface area contributed by atoms with Gasteiger partial charge < -0.3 is 15.2 Å². The molecule has 1 fully saturated rings. The third-order valence-electron chi connectivity index (χ3n) is 4.05. The van der Waals surface area contributed by atoms with Gasteiger partial charge in [0.05, 0.1) is 19.1 Å². The Morgan fingerprint density at radius 2 is 1.83 bits per heavy atom. The van der Waals surface area contributed by atoms with Crippen molar-refractivity contribution in [1.29, 1.82) is 0 Å². The van der Waals surface area contributed by atoms with Gasteiger partial charge in [0.2, 0.25) is 15.9 Å². The highest BCUT2D eigenvalue weighted by molar-refractivity contribution is 7.89. The van der Waals surface area contributed by atoms with E-state index in [4.69, 9.17) is 15.2 Å². The minimum Gasteiger partial charge on any atom is -0.493 e. The van der Waals surface area contributed by atoms with Gasteiger partial charge in [0.15, 0.2) is 11.5 Å². The summed E-state index contributed by atoms with van der Waals surface area (Å²) < 4.78 is 37.6. The molecular weight excluding hydrogens is 320 g/mol. The van der Waals surface area contributed by atoms with Gasteiger partial charge in [-0.05, 0) is 31.4 Å². The van der Waals surface area contributed by atoms with Gasteiger partial charge in [0.1, 0.15) is 6.04 Å². The molecule has 0 radical (unpaired) electrons. The number of nitrogens with zero attached hydrogens (tertiary/aromatic N) is 1. The third kappa shape index (κ3) is 3.28. The molecule has 0 bridgehead atoms. The number of primary amides is 1. The van der Waals surface area contributed by atoms with Crippen LogP contribution in [-0.4, -0.2) is 45.4 Å². The molecule has 23 heavy (non-hydrogen) atoms. The van der Waals surface area contributed by atoms with Crippen molar-refractivity contribution in [3.05, 3.63) is 17.7 Å². The lowest BCUT2D eigenvalue weighted by atomic mass is 10.0. The van der Waals surface area contributed by atoms with Gasteiger partial charge in [0.25, 0.3) is 0 Å². The van der Waals surface area contributed by atoms with Gasteiger partial charge in [-0.3, -0.25) is 4.79 Å². The molecule has 1 heterocycles. The first-order valence-corrected chi connectivity index (χ1v) is 8.80. The number of aryl methyl sites for hydroxylation is 1. The fourth-order valence-electron chi connectivity index (χ4n) is 2.84. The summed E-state index contributed by atoms with van der Waals surface area (Å²) in [5.41, 5.74) is 5.91. The maximum Gasteiger partial charge on any atom is 0.244 e. The molecule has 1 aromatic rings. The molecule has 0 unspecified atom stereocenters. The number of carbonyl (C=O) groups is 1. The molecule has 1 saturated heterocycles. The molecule has 1 aliphatic rings. The molecule has 1 amide bonds. The van der Waals surface area contributed by atoms with Crippen LogP contribution in [0.15, 0.2) is 17.0 Å². The lowest BCUT2D eigenvalue weighted by molar-refractivity contribution is -0.122. The molecule has 1 aliphatic heterocycles. The van der Waals surface area contributed by atoms with Crippen LogP contribution in [0.1, 0.15) is 24.8 Å². The van der Waals surface area contributed by atoms with Gasteiger partial charge in [-0.25, -0.2) is 8.42 Å². The number of sulfonamides is 1. The van der Waals surface area contributed by atoms with Crippen LogP contribution in [0.2, 0.25) is 0 Å². The number of carbonyl (C=O) groups excluding carboxylic acids is 1. The van der Waals surface area contributed by atoms with E-state index in [0.717, 1.165) is 6.42 Å². The maximum atomic E-state index is 13.0. The number of ether oxygens (including phenoxy) is 2. The zero-order chi connectivity index (χ0) is 17.2. The summed E-state index contributed by atoms with van der Waals surface area (Å²) in [5.74, 6) is 0.157. The predicted molar refractivity (Wildman–Crippen MR) is 85.0 cm³/mol. The van der Waals surface area contributed by atoms with E-state index < -0.39 is 22.0 Å². The normalized spacial score (nSPS) is 19.3. The summed E-state index contributed by atoms with van der Waals surface area (Å²) in [7, 11) is -0.921. The monoisotopic (exact) mass is 342 g/mol. The van der Waals surface area contributed by atoms with Gasteiger partial charge in [-0.15, -0.1) is 0 Å². The fourth-order valence-corrected chi connectivity index (χ4v) is 4.73. The van der Waals surface area contributed by atoms with Crippen LogP contribution in [0.5, 0.6) is 11.5 Å². The molecule has 0 aliphatic carbocycles. The topological polar surface area (TPSA) is 98.9 Å². The highest BCUT2D eigenvalue weighted by Gasteiger charge is 2.37. The van der Waals surface area contributed by atoms with Crippen molar-refractivity contribution in [2.75, 3.05) is 20.8 Å².